The molecule has 0 aromatic heterocycles. The number of hydrogen-bond donors (Lipinski definition) is 4. The van der Waals surface area contributed by atoms with E-state index in [0.717, 1.165) is 70.2 Å². The zero-order valence-electron chi connectivity index (χ0n) is 24.4. The Morgan fingerprint density at radius 3 is 1.89 bits per heavy atom. The van der Waals surface area contributed by atoms with Gasteiger partial charge < -0.3 is 39.5 Å². The van der Waals surface area contributed by atoms with E-state index in [4.69, 9.17) is 21.9 Å². The smallest absolute Gasteiger partial charge is 0.497 e. The van der Waals surface area contributed by atoms with Gasteiger partial charge in [-0.1, -0.05) is 31.5 Å². The topological polar surface area (TPSA) is 154 Å². The van der Waals surface area contributed by atoms with Crippen LogP contribution in [0, 0.1) is 14.4 Å². The molecule has 2 aliphatic heterocycles. The van der Waals surface area contributed by atoms with Crippen molar-refractivity contribution in [2.24, 2.45) is 17.2 Å². The van der Waals surface area contributed by atoms with Crippen LogP contribution in [0.1, 0.15) is 64.4 Å². The first kappa shape index (κ1) is 43.2. The second kappa shape index (κ2) is 29.7. The molecule has 2 amide bonds. The number of likely N-dealkylation sites (tertiary alicyclic amines) is 1. The van der Waals surface area contributed by atoms with Gasteiger partial charge in [-0.3, -0.25) is 14.5 Å². The fourth-order valence-corrected chi connectivity index (χ4v) is 3.02. The van der Waals surface area contributed by atoms with Crippen LogP contribution in [0.3, 0.4) is 0 Å². The molecule has 0 spiro atoms. The maximum absolute atomic E-state index is 10.6. The van der Waals surface area contributed by atoms with Crippen LogP contribution >= 0.6 is 0 Å². The number of rotatable bonds is 6. The van der Waals surface area contributed by atoms with Crippen LogP contribution < -0.4 is 78.6 Å². The predicted octanol–water partition coefficient (Wildman–Crippen LogP) is -0.412. The first-order chi connectivity index (χ1) is 16.7. The van der Waals surface area contributed by atoms with Gasteiger partial charge in [0, 0.05) is 6.42 Å². The predicted molar refractivity (Wildman–Crippen MR) is 150 cm³/mol. The third-order valence-corrected chi connectivity index (χ3v) is 5.15. The number of primary amides is 2. The quantitative estimate of drug-likeness (QED) is 0.214. The Hall–Kier alpha value is -0.854. The maximum atomic E-state index is 10.6. The van der Waals surface area contributed by atoms with Crippen LogP contribution in [0.4, 0.5) is 0 Å². The minimum absolute atomic E-state index is 0. The Morgan fingerprint density at radius 2 is 1.68 bits per heavy atom. The number of carbonyl (C=O) groups is 3. The summed E-state index contributed by atoms with van der Waals surface area (Å²) in [5, 5.41) is 3.04. The Morgan fingerprint density at radius 1 is 1.11 bits per heavy atom. The largest absolute Gasteiger partial charge is 1.00 e. The number of aryl methyl sites for hydroxylation is 1. The van der Waals surface area contributed by atoms with Gasteiger partial charge in [-0.25, -0.2) is 0 Å². The van der Waals surface area contributed by atoms with Gasteiger partial charge >= 0.3 is 51.4 Å². The van der Waals surface area contributed by atoms with Gasteiger partial charge in [0.2, 0.25) is 11.8 Å². The molecule has 10 heteroatoms. The van der Waals surface area contributed by atoms with E-state index in [0.29, 0.717) is 6.42 Å². The number of likely N-dealkylation sites (N-methyl/N-ethyl adjacent to an activating group) is 1. The fraction of sp³-hybridized carbons (Fsp3) is 0.630. The fourth-order valence-electron chi connectivity index (χ4n) is 3.02. The zero-order chi connectivity index (χ0) is 27.1. The molecule has 0 radical (unpaired) electrons. The van der Waals surface area contributed by atoms with Crippen molar-refractivity contribution < 1.29 is 70.5 Å². The summed E-state index contributed by atoms with van der Waals surface area (Å²) < 4.78 is 4.97. The number of benzene rings is 1. The van der Waals surface area contributed by atoms with Gasteiger partial charge in [0.1, 0.15) is 12.0 Å². The van der Waals surface area contributed by atoms with Crippen molar-refractivity contribution in [1.29, 1.82) is 0 Å². The van der Waals surface area contributed by atoms with Crippen molar-refractivity contribution >= 4 is 18.1 Å². The number of aldehydes is 1. The van der Waals surface area contributed by atoms with Crippen molar-refractivity contribution in [3.63, 3.8) is 0 Å². The second-order valence-electron chi connectivity index (χ2n) is 8.40. The van der Waals surface area contributed by atoms with Crippen molar-refractivity contribution in [2.45, 2.75) is 77.8 Å². The number of ether oxygens (including phenoxy) is 1. The van der Waals surface area contributed by atoms with Gasteiger partial charge in [-0.15, -0.1) is 0 Å². The van der Waals surface area contributed by atoms with Gasteiger partial charge in [0.25, 0.3) is 0 Å². The molecule has 1 aromatic rings. The summed E-state index contributed by atoms with van der Waals surface area (Å²) in [5.41, 5.74) is 16.2. The minimum atomic E-state index is -0.211. The number of hydrogen-bond acceptors (Lipinski definition) is 7. The van der Waals surface area contributed by atoms with Crippen LogP contribution in [-0.4, -0.2) is 68.9 Å². The van der Waals surface area contributed by atoms with Crippen LogP contribution in [-0.2, 0) is 14.4 Å². The molecule has 210 valence electrons. The molecule has 2 atom stereocenters. The molecule has 0 saturated carbocycles. The van der Waals surface area contributed by atoms with E-state index >= 15 is 0 Å². The summed E-state index contributed by atoms with van der Waals surface area (Å²) >= 11 is 0. The molecule has 0 aliphatic carbocycles. The first-order valence-electron chi connectivity index (χ1n) is 12.4. The van der Waals surface area contributed by atoms with Crippen molar-refractivity contribution in [3.8, 4) is 5.75 Å². The molecule has 0 bridgehead atoms. The van der Waals surface area contributed by atoms with E-state index in [9.17, 15) is 14.4 Å². The summed E-state index contributed by atoms with van der Waals surface area (Å²) in [6.07, 6.45) is 7.67. The molecule has 2 aliphatic rings. The molecule has 2 saturated heterocycles. The number of nitrogens with one attached hydrogen (secondary N) is 1. The molecule has 2 unspecified atom stereocenters. The number of nitrogens with zero attached hydrogens (tertiary/aromatic N) is 1. The third kappa shape index (κ3) is 26.5. The average molecular weight is 550 g/mol. The minimum Gasteiger partial charge on any atom is -0.497 e. The Kier molecular flexibility index (Phi) is 34.7. The summed E-state index contributed by atoms with van der Waals surface area (Å²) in [5.74, 6) is 0.521. The SMILES string of the molecule is CCCC(N)=O.CCCN.CN1CCCC1C(N)=O.COc1ccc(C)cc1.O=CC1CCCN1.[CH3-].[K+]. The van der Waals surface area contributed by atoms with E-state index in [1.54, 1.807) is 7.11 Å². The maximum Gasteiger partial charge on any atom is 1.00 e. The molecule has 7 N–H and O–H groups in total. The molecule has 9 nitrogen and oxygen atoms in total. The van der Waals surface area contributed by atoms with Crippen molar-refractivity contribution in [2.75, 3.05) is 33.8 Å². The van der Waals surface area contributed by atoms with E-state index < -0.39 is 0 Å². The van der Waals surface area contributed by atoms with Crippen molar-refractivity contribution in [3.05, 3.63) is 37.3 Å². The van der Waals surface area contributed by atoms with Crippen LogP contribution in [0.15, 0.2) is 24.3 Å². The van der Waals surface area contributed by atoms with Gasteiger partial charge in [0.15, 0.2) is 0 Å². The summed E-state index contributed by atoms with van der Waals surface area (Å²) in [4.78, 5) is 32.4. The molecule has 3 rings (SSSR count). The molecular weight excluding hydrogens is 497 g/mol. The Balaban J connectivity index is -0.000000186. The van der Waals surface area contributed by atoms with Crippen LogP contribution in [0.5, 0.6) is 5.75 Å². The molecule has 2 heterocycles. The number of carbonyl (C=O) groups excluding carboxylic acids is 3. The molecule has 37 heavy (non-hydrogen) atoms. The number of methoxy groups -OCH3 is 1. The molecule has 1 aromatic carbocycles. The molecule has 2 fully saturated rings. The number of amides is 2. The molecular formula is C27H52KN5O4. The van der Waals surface area contributed by atoms with Gasteiger partial charge in [-0.2, -0.15) is 0 Å². The average Bonchev–Trinajstić information content (AvgIpc) is 3.52. The third-order valence-electron chi connectivity index (χ3n) is 5.15. The van der Waals surface area contributed by atoms with E-state index in [2.05, 4.69) is 19.2 Å². The standard InChI is InChI=1S/C8H10O.C6H12N2O.C5H9NO.C4H9NO.C3H9N.CH3.K/c1-7-3-5-8(9-2)6-4-7;1-8-4-2-3-5(8)6(7)9;7-4-5-2-1-3-6-5;1-2-3-4(5)6;1-2-3-4;;/h3-6H,1-2H3;5H,2-4H2,1H3,(H2,7,9);4-6H,1-3H2;2-3H2,1H3,(H2,5,6);2-4H2,1H3;1H3;/q;;;;;-1;+1. The zero-order valence-corrected chi connectivity index (χ0v) is 27.5. The van der Waals surface area contributed by atoms with Crippen LogP contribution in [0.2, 0.25) is 0 Å². The number of nitrogens with two attached hydrogens (primary N) is 3. The normalized spacial score (nSPS) is 17.1. The van der Waals surface area contributed by atoms with Crippen molar-refractivity contribution in [1.82, 2.24) is 10.2 Å². The first-order valence-corrected chi connectivity index (χ1v) is 12.4. The summed E-state index contributed by atoms with van der Waals surface area (Å²) in [6.45, 7) is 8.88. The summed E-state index contributed by atoms with van der Waals surface area (Å²) in [7, 11) is 3.60. The van der Waals surface area contributed by atoms with E-state index in [1.165, 1.54) is 5.56 Å². The van der Waals surface area contributed by atoms with Crippen LogP contribution in [0.25, 0.3) is 0 Å². The van der Waals surface area contributed by atoms with E-state index in [-0.39, 0.29) is 82.7 Å². The van der Waals surface area contributed by atoms with Gasteiger partial charge in [0.05, 0.1) is 19.2 Å². The van der Waals surface area contributed by atoms with E-state index in [1.807, 2.05) is 43.1 Å². The Labute approximate surface area is 268 Å². The Bertz CT molecular complexity index is 669. The monoisotopic (exact) mass is 549 g/mol. The summed E-state index contributed by atoms with van der Waals surface area (Å²) in [6, 6.07) is 8.13. The second-order valence-corrected chi connectivity index (χ2v) is 8.40. The van der Waals surface area contributed by atoms with Gasteiger partial charge in [-0.05, 0) is 84.3 Å².